The fourth-order valence-electron chi connectivity index (χ4n) is 2.57. The van der Waals surface area contributed by atoms with E-state index in [4.69, 9.17) is 5.73 Å². The van der Waals surface area contributed by atoms with E-state index in [1.165, 1.54) is 6.92 Å². The highest BCUT2D eigenvalue weighted by Gasteiger charge is 2.22. The first kappa shape index (κ1) is 21.4. The van der Waals surface area contributed by atoms with Gasteiger partial charge in [0, 0.05) is 23.8 Å². The Morgan fingerprint density at radius 2 is 1.64 bits per heavy atom. The zero-order valence-corrected chi connectivity index (χ0v) is 16.5. The third-order valence-corrected chi connectivity index (χ3v) is 5.29. The zero-order chi connectivity index (χ0) is 20.7. The Balaban J connectivity index is 2.08. The average Bonchev–Trinajstić information content (AvgIpc) is 2.70. The van der Waals surface area contributed by atoms with Crippen molar-refractivity contribution >= 4 is 34.5 Å². The van der Waals surface area contributed by atoms with Crippen molar-refractivity contribution in [1.82, 2.24) is 5.32 Å². The van der Waals surface area contributed by atoms with Gasteiger partial charge in [-0.3, -0.25) is 19.2 Å². The lowest BCUT2D eigenvalue weighted by Gasteiger charge is -2.15. The lowest BCUT2D eigenvalue weighted by Crippen LogP contribution is -2.45. The molecule has 0 heterocycles. The van der Waals surface area contributed by atoms with Crippen molar-refractivity contribution in [3.63, 3.8) is 0 Å². The van der Waals surface area contributed by atoms with Crippen LogP contribution < -0.4 is 11.1 Å². The molecule has 0 unspecified atom stereocenters. The standard InChI is InChI=1S/C21H22N2O4S/c1-13(21(27)28-12-18(20(22)26)23-14(2)24)16-9-6-10-17(11-16)19(25)15-7-4-3-5-8-15/h3-11,13,18H,12H2,1-2H3,(H2,22,26)(H,23,24)/t13-,18-/m1/s1. The molecule has 0 aliphatic heterocycles. The highest BCUT2D eigenvalue weighted by molar-refractivity contribution is 8.13. The summed E-state index contributed by atoms with van der Waals surface area (Å²) in [4.78, 5) is 47.6. The van der Waals surface area contributed by atoms with Crippen LogP contribution in [0.5, 0.6) is 0 Å². The molecule has 3 N–H and O–H groups in total. The van der Waals surface area contributed by atoms with Crippen LogP contribution in [0.4, 0.5) is 0 Å². The van der Waals surface area contributed by atoms with E-state index in [0.29, 0.717) is 16.7 Å². The van der Waals surface area contributed by atoms with Gasteiger partial charge in [-0.15, -0.1) is 0 Å². The number of hydrogen-bond acceptors (Lipinski definition) is 5. The molecule has 2 amide bonds. The number of carbonyl (C=O) groups is 4. The molecule has 2 atom stereocenters. The van der Waals surface area contributed by atoms with E-state index in [2.05, 4.69) is 5.32 Å². The Bertz CT molecular complexity index is 883. The molecule has 0 radical (unpaired) electrons. The Labute approximate surface area is 167 Å². The maximum absolute atomic E-state index is 12.6. The minimum Gasteiger partial charge on any atom is -0.368 e. The third-order valence-electron chi connectivity index (χ3n) is 4.15. The maximum Gasteiger partial charge on any atom is 0.240 e. The van der Waals surface area contributed by atoms with Crippen molar-refractivity contribution in [2.45, 2.75) is 25.8 Å². The Kier molecular flexibility index (Phi) is 7.52. The molecular weight excluding hydrogens is 376 g/mol. The maximum atomic E-state index is 12.6. The van der Waals surface area contributed by atoms with Crippen LogP contribution in [-0.4, -0.2) is 34.5 Å². The van der Waals surface area contributed by atoms with Crippen molar-refractivity contribution in [2.75, 3.05) is 5.75 Å². The van der Waals surface area contributed by atoms with Gasteiger partial charge in [-0.25, -0.2) is 0 Å². The molecule has 0 aliphatic carbocycles. The van der Waals surface area contributed by atoms with Crippen LogP contribution in [-0.2, 0) is 14.4 Å². The molecule has 0 spiro atoms. The zero-order valence-electron chi connectivity index (χ0n) is 15.7. The van der Waals surface area contributed by atoms with Crippen LogP contribution in [0.25, 0.3) is 0 Å². The lowest BCUT2D eigenvalue weighted by atomic mass is 9.96. The highest BCUT2D eigenvalue weighted by Crippen LogP contribution is 2.24. The molecule has 0 aromatic heterocycles. The molecule has 0 bridgehead atoms. The van der Waals surface area contributed by atoms with Crippen LogP contribution in [0.3, 0.4) is 0 Å². The van der Waals surface area contributed by atoms with Crippen LogP contribution in [0, 0.1) is 0 Å². The number of nitrogens with two attached hydrogens (primary N) is 1. The number of amides is 2. The molecule has 146 valence electrons. The van der Waals surface area contributed by atoms with E-state index >= 15 is 0 Å². The number of rotatable bonds is 8. The summed E-state index contributed by atoms with van der Waals surface area (Å²) in [5.74, 6) is -1.63. The molecule has 0 fully saturated rings. The summed E-state index contributed by atoms with van der Waals surface area (Å²) in [5.41, 5.74) is 7.03. The van der Waals surface area contributed by atoms with Crippen LogP contribution in [0.1, 0.15) is 41.3 Å². The Morgan fingerprint density at radius 1 is 1.00 bits per heavy atom. The van der Waals surface area contributed by atoms with Crippen LogP contribution in [0.2, 0.25) is 0 Å². The molecule has 28 heavy (non-hydrogen) atoms. The normalized spacial score (nSPS) is 12.6. The monoisotopic (exact) mass is 398 g/mol. The largest absolute Gasteiger partial charge is 0.368 e. The first-order chi connectivity index (χ1) is 13.3. The van der Waals surface area contributed by atoms with Crippen molar-refractivity contribution in [1.29, 1.82) is 0 Å². The second-order valence-corrected chi connectivity index (χ2v) is 7.35. The minimum absolute atomic E-state index is 0.0563. The first-order valence-electron chi connectivity index (χ1n) is 8.72. The molecule has 0 saturated carbocycles. The van der Waals surface area contributed by atoms with E-state index in [-0.39, 0.29) is 16.7 Å². The first-order valence-corrected chi connectivity index (χ1v) is 9.71. The fourth-order valence-corrected chi connectivity index (χ4v) is 3.54. The summed E-state index contributed by atoms with van der Waals surface area (Å²) in [5, 5.41) is 2.24. The summed E-state index contributed by atoms with van der Waals surface area (Å²) in [6.45, 7) is 3.01. The SMILES string of the molecule is CC(=O)N[C@H](CSC(=O)[C@H](C)c1cccc(C(=O)c2ccccc2)c1)C(N)=O. The summed E-state index contributed by atoms with van der Waals surface area (Å²) in [6, 6.07) is 14.9. The van der Waals surface area contributed by atoms with E-state index in [0.717, 1.165) is 11.8 Å². The third kappa shape index (κ3) is 5.79. The summed E-state index contributed by atoms with van der Waals surface area (Å²) in [7, 11) is 0. The van der Waals surface area contributed by atoms with Gasteiger partial charge in [0.15, 0.2) is 10.9 Å². The highest BCUT2D eigenvalue weighted by atomic mass is 32.2. The van der Waals surface area contributed by atoms with Gasteiger partial charge < -0.3 is 11.1 Å². The number of ketones is 1. The quantitative estimate of drug-likeness (QED) is 0.664. The molecule has 6 nitrogen and oxygen atoms in total. The summed E-state index contributed by atoms with van der Waals surface area (Å²) >= 11 is 0.929. The van der Waals surface area contributed by atoms with Gasteiger partial charge in [-0.1, -0.05) is 67.2 Å². The molecule has 7 heteroatoms. The second kappa shape index (κ2) is 9.85. The molecule has 0 aliphatic rings. The molecule has 0 saturated heterocycles. The van der Waals surface area contributed by atoms with E-state index in [1.807, 2.05) is 6.07 Å². The van der Waals surface area contributed by atoms with Gasteiger partial charge in [-0.2, -0.15) is 0 Å². The molecular formula is C21H22N2O4S. The number of primary amides is 1. The van der Waals surface area contributed by atoms with E-state index < -0.39 is 23.8 Å². The van der Waals surface area contributed by atoms with Crippen molar-refractivity contribution in [3.8, 4) is 0 Å². The smallest absolute Gasteiger partial charge is 0.240 e. The van der Waals surface area contributed by atoms with E-state index in [9.17, 15) is 19.2 Å². The van der Waals surface area contributed by atoms with Gasteiger partial charge in [0.1, 0.15) is 6.04 Å². The number of hydrogen-bond donors (Lipinski definition) is 2. The molecule has 2 rings (SSSR count). The average molecular weight is 398 g/mol. The van der Waals surface area contributed by atoms with Gasteiger partial charge >= 0.3 is 0 Å². The number of benzene rings is 2. The Morgan fingerprint density at radius 3 is 2.25 bits per heavy atom. The second-order valence-electron chi connectivity index (χ2n) is 6.33. The molecule has 2 aromatic carbocycles. The van der Waals surface area contributed by atoms with E-state index in [1.54, 1.807) is 55.5 Å². The van der Waals surface area contributed by atoms with Crippen molar-refractivity contribution in [2.24, 2.45) is 5.73 Å². The fraction of sp³-hybridized carbons (Fsp3) is 0.238. The van der Waals surface area contributed by atoms with Crippen LogP contribution >= 0.6 is 11.8 Å². The van der Waals surface area contributed by atoms with Crippen molar-refractivity contribution < 1.29 is 19.2 Å². The van der Waals surface area contributed by atoms with Crippen molar-refractivity contribution in [3.05, 3.63) is 71.3 Å². The number of carbonyl (C=O) groups excluding carboxylic acids is 4. The summed E-state index contributed by atoms with van der Waals surface area (Å²) in [6.07, 6.45) is 0. The van der Waals surface area contributed by atoms with Gasteiger partial charge in [0.2, 0.25) is 11.8 Å². The minimum atomic E-state index is -0.912. The topological polar surface area (TPSA) is 106 Å². The summed E-state index contributed by atoms with van der Waals surface area (Å²) < 4.78 is 0. The predicted molar refractivity (Wildman–Crippen MR) is 109 cm³/mol. The van der Waals surface area contributed by atoms with Gasteiger partial charge in [0.05, 0.1) is 5.92 Å². The lowest BCUT2D eigenvalue weighted by molar-refractivity contribution is -0.125. The number of thioether (sulfide) groups is 1. The van der Waals surface area contributed by atoms with Gasteiger partial charge in [0.25, 0.3) is 0 Å². The van der Waals surface area contributed by atoms with Crippen LogP contribution in [0.15, 0.2) is 54.6 Å². The Hall–Kier alpha value is -2.93. The van der Waals surface area contributed by atoms with Gasteiger partial charge in [-0.05, 0) is 11.6 Å². The predicted octanol–water partition coefficient (Wildman–Crippen LogP) is 2.27. The number of nitrogens with one attached hydrogen (secondary N) is 1. The molecule has 2 aromatic rings.